The molecule has 0 aliphatic carbocycles. The van der Waals surface area contributed by atoms with Gasteiger partial charge >= 0.3 is 0 Å². The van der Waals surface area contributed by atoms with Gasteiger partial charge in [-0.05, 0) is 19.4 Å². The van der Waals surface area contributed by atoms with Gasteiger partial charge in [0.1, 0.15) is 18.3 Å². The molecule has 100 valence electrons. The van der Waals surface area contributed by atoms with Crippen LogP contribution >= 0.6 is 0 Å². The molecule has 1 aromatic heterocycles. The molecule has 1 heterocycles. The third kappa shape index (κ3) is 3.06. The van der Waals surface area contributed by atoms with Crippen LogP contribution in [0, 0.1) is 0 Å². The van der Waals surface area contributed by atoms with Gasteiger partial charge in [0.2, 0.25) is 0 Å². The Balaban J connectivity index is 2.11. The average molecular weight is 259 g/mol. The van der Waals surface area contributed by atoms with Crippen molar-refractivity contribution in [2.75, 3.05) is 0 Å². The molecule has 0 fully saturated rings. The number of aromatic nitrogens is 3. The first-order valence-electron chi connectivity index (χ1n) is 6.23. The first-order chi connectivity index (χ1) is 9.09. The van der Waals surface area contributed by atoms with Gasteiger partial charge in [-0.25, -0.2) is 9.67 Å². The Morgan fingerprint density at radius 3 is 2.63 bits per heavy atom. The molecule has 1 atom stereocenters. The summed E-state index contributed by atoms with van der Waals surface area (Å²) in [5, 5.41) is 14.1. The van der Waals surface area contributed by atoms with Gasteiger partial charge in [-0.2, -0.15) is 5.10 Å². The summed E-state index contributed by atoms with van der Waals surface area (Å²) in [5.74, 6) is 0.302. The van der Waals surface area contributed by atoms with Crippen LogP contribution in [-0.4, -0.2) is 25.7 Å². The van der Waals surface area contributed by atoms with Crippen LogP contribution in [-0.2, 0) is 11.2 Å². The SMILES string of the molecule is CC(C)n1ncnc1CC(=O)C(O)c1ccccc1. The molecule has 1 aromatic carbocycles. The molecule has 5 heteroatoms. The van der Waals surface area contributed by atoms with Crippen molar-refractivity contribution < 1.29 is 9.90 Å². The lowest BCUT2D eigenvalue weighted by Gasteiger charge is -2.12. The van der Waals surface area contributed by atoms with Crippen molar-refractivity contribution in [2.24, 2.45) is 0 Å². The molecule has 0 saturated carbocycles. The maximum Gasteiger partial charge on any atom is 0.173 e. The molecule has 0 spiro atoms. The summed E-state index contributed by atoms with van der Waals surface area (Å²) in [7, 11) is 0. The summed E-state index contributed by atoms with van der Waals surface area (Å²) < 4.78 is 1.69. The maximum absolute atomic E-state index is 12.1. The van der Waals surface area contributed by atoms with Crippen LogP contribution in [0.15, 0.2) is 36.7 Å². The lowest BCUT2D eigenvalue weighted by atomic mass is 10.0. The van der Waals surface area contributed by atoms with E-state index in [0.717, 1.165) is 0 Å². The number of hydrogen-bond donors (Lipinski definition) is 1. The van der Waals surface area contributed by atoms with E-state index in [4.69, 9.17) is 0 Å². The summed E-state index contributed by atoms with van der Waals surface area (Å²) in [4.78, 5) is 16.1. The summed E-state index contributed by atoms with van der Waals surface area (Å²) >= 11 is 0. The second-order valence-electron chi connectivity index (χ2n) is 4.67. The minimum Gasteiger partial charge on any atom is -0.381 e. The van der Waals surface area contributed by atoms with Crippen molar-refractivity contribution >= 4 is 5.78 Å². The van der Waals surface area contributed by atoms with E-state index in [1.165, 1.54) is 6.33 Å². The fraction of sp³-hybridized carbons (Fsp3) is 0.357. The van der Waals surface area contributed by atoms with Gasteiger partial charge in [0, 0.05) is 6.04 Å². The highest BCUT2D eigenvalue weighted by molar-refractivity contribution is 5.85. The van der Waals surface area contributed by atoms with E-state index in [0.29, 0.717) is 11.4 Å². The number of carbonyl (C=O) groups excluding carboxylic acids is 1. The van der Waals surface area contributed by atoms with Crippen molar-refractivity contribution in [3.63, 3.8) is 0 Å². The quantitative estimate of drug-likeness (QED) is 0.887. The number of ketones is 1. The van der Waals surface area contributed by atoms with E-state index in [9.17, 15) is 9.90 Å². The van der Waals surface area contributed by atoms with Crippen LogP contribution in [0.2, 0.25) is 0 Å². The van der Waals surface area contributed by atoms with Crippen LogP contribution in [0.3, 0.4) is 0 Å². The Hall–Kier alpha value is -2.01. The highest BCUT2D eigenvalue weighted by Gasteiger charge is 2.20. The molecular weight excluding hydrogens is 242 g/mol. The average Bonchev–Trinajstić information content (AvgIpc) is 2.87. The van der Waals surface area contributed by atoms with E-state index < -0.39 is 6.10 Å². The molecule has 2 aromatic rings. The number of aliphatic hydroxyl groups is 1. The monoisotopic (exact) mass is 259 g/mol. The second kappa shape index (κ2) is 5.75. The van der Waals surface area contributed by atoms with Gasteiger partial charge in [-0.1, -0.05) is 30.3 Å². The number of aliphatic hydroxyl groups excluding tert-OH is 1. The molecule has 0 amide bonds. The summed E-state index contributed by atoms with van der Waals surface area (Å²) in [6.45, 7) is 3.94. The molecular formula is C14H17N3O2. The minimum atomic E-state index is -1.11. The molecule has 0 radical (unpaired) electrons. The van der Waals surface area contributed by atoms with Crippen molar-refractivity contribution in [3.05, 3.63) is 48.0 Å². The zero-order valence-electron chi connectivity index (χ0n) is 11.0. The first-order valence-corrected chi connectivity index (χ1v) is 6.23. The number of rotatable bonds is 5. The number of nitrogens with zero attached hydrogens (tertiary/aromatic N) is 3. The third-order valence-corrected chi connectivity index (χ3v) is 2.89. The van der Waals surface area contributed by atoms with Gasteiger partial charge in [0.15, 0.2) is 5.78 Å². The number of Topliss-reactive ketones (excluding diaryl/α,β-unsaturated/α-hetero) is 1. The lowest BCUT2D eigenvalue weighted by Crippen LogP contribution is -2.18. The molecule has 1 unspecified atom stereocenters. The Labute approximate surface area is 111 Å². The standard InChI is InChI=1S/C14H17N3O2/c1-10(2)17-13(15-9-16-17)8-12(18)14(19)11-6-4-3-5-7-11/h3-7,9-10,14,19H,8H2,1-2H3. The molecule has 2 rings (SSSR count). The Kier molecular flexibility index (Phi) is 4.06. The zero-order chi connectivity index (χ0) is 13.8. The highest BCUT2D eigenvalue weighted by Crippen LogP contribution is 2.16. The van der Waals surface area contributed by atoms with E-state index in [1.807, 2.05) is 19.9 Å². The molecule has 0 aliphatic rings. The van der Waals surface area contributed by atoms with E-state index in [2.05, 4.69) is 10.1 Å². The van der Waals surface area contributed by atoms with Crippen molar-refractivity contribution in [3.8, 4) is 0 Å². The van der Waals surface area contributed by atoms with Crippen LogP contribution in [0.5, 0.6) is 0 Å². The van der Waals surface area contributed by atoms with Gasteiger partial charge in [0.05, 0.1) is 6.42 Å². The fourth-order valence-corrected chi connectivity index (χ4v) is 1.91. The molecule has 1 N–H and O–H groups in total. The summed E-state index contributed by atoms with van der Waals surface area (Å²) in [6.07, 6.45) is 0.393. The predicted octanol–water partition coefficient (Wildman–Crippen LogP) is 1.70. The van der Waals surface area contributed by atoms with Crippen molar-refractivity contribution in [1.82, 2.24) is 14.8 Å². The van der Waals surface area contributed by atoms with Gasteiger partial charge in [-0.15, -0.1) is 0 Å². The molecule has 19 heavy (non-hydrogen) atoms. The van der Waals surface area contributed by atoms with Gasteiger partial charge < -0.3 is 5.11 Å². The Morgan fingerprint density at radius 2 is 2.00 bits per heavy atom. The molecule has 0 saturated heterocycles. The number of hydrogen-bond acceptors (Lipinski definition) is 4. The molecule has 0 bridgehead atoms. The van der Waals surface area contributed by atoms with Gasteiger partial charge in [0.25, 0.3) is 0 Å². The van der Waals surface area contributed by atoms with Crippen LogP contribution < -0.4 is 0 Å². The minimum absolute atomic E-state index is 0.0776. The Bertz CT molecular complexity index is 549. The first kappa shape index (κ1) is 13.4. The summed E-state index contributed by atoms with van der Waals surface area (Å²) in [6, 6.07) is 9.03. The van der Waals surface area contributed by atoms with E-state index in [1.54, 1.807) is 28.9 Å². The third-order valence-electron chi connectivity index (χ3n) is 2.89. The summed E-state index contributed by atoms with van der Waals surface area (Å²) in [5.41, 5.74) is 0.600. The topological polar surface area (TPSA) is 68.0 Å². The van der Waals surface area contributed by atoms with E-state index in [-0.39, 0.29) is 18.2 Å². The lowest BCUT2D eigenvalue weighted by molar-refractivity contribution is -0.126. The largest absolute Gasteiger partial charge is 0.381 e. The van der Waals surface area contributed by atoms with Gasteiger partial charge in [-0.3, -0.25) is 4.79 Å². The maximum atomic E-state index is 12.1. The highest BCUT2D eigenvalue weighted by atomic mass is 16.3. The molecule has 0 aliphatic heterocycles. The normalized spacial score (nSPS) is 12.6. The fourth-order valence-electron chi connectivity index (χ4n) is 1.91. The predicted molar refractivity (Wildman–Crippen MR) is 70.5 cm³/mol. The van der Waals surface area contributed by atoms with Crippen molar-refractivity contribution in [1.29, 1.82) is 0 Å². The zero-order valence-corrected chi connectivity index (χ0v) is 11.0. The van der Waals surface area contributed by atoms with Crippen molar-refractivity contribution in [2.45, 2.75) is 32.4 Å². The van der Waals surface area contributed by atoms with Crippen LogP contribution in [0.4, 0.5) is 0 Å². The van der Waals surface area contributed by atoms with Crippen LogP contribution in [0.1, 0.15) is 37.4 Å². The smallest absolute Gasteiger partial charge is 0.173 e. The van der Waals surface area contributed by atoms with E-state index >= 15 is 0 Å². The number of carbonyl (C=O) groups is 1. The molecule has 5 nitrogen and oxygen atoms in total. The second-order valence-corrected chi connectivity index (χ2v) is 4.67. The van der Waals surface area contributed by atoms with Crippen LogP contribution in [0.25, 0.3) is 0 Å². The Morgan fingerprint density at radius 1 is 1.32 bits per heavy atom. The number of benzene rings is 1.